The van der Waals surface area contributed by atoms with Crippen LogP contribution >= 0.6 is 0 Å². The zero-order valence-electron chi connectivity index (χ0n) is 9.15. The summed E-state index contributed by atoms with van der Waals surface area (Å²) in [6.45, 7) is 5.67. The summed E-state index contributed by atoms with van der Waals surface area (Å²) in [6.07, 6.45) is 1.44. The van der Waals surface area contributed by atoms with Crippen LogP contribution in [0.4, 0.5) is 0 Å². The molecule has 2 aliphatic carbocycles. The molecule has 0 spiro atoms. The monoisotopic (exact) mass is 232 g/mol. The average molecular weight is 232 g/mol. The van der Waals surface area contributed by atoms with Gasteiger partial charge in [0.15, 0.2) is 5.78 Å². The highest BCUT2D eigenvalue weighted by Crippen LogP contribution is 2.64. The summed E-state index contributed by atoms with van der Waals surface area (Å²) in [5.74, 6) is -0.531. The molecule has 2 rings (SSSR count). The van der Waals surface area contributed by atoms with Crippen LogP contribution in [0.1, 0.15) is 33.6 Å². The zero-order chi connectivity index (χ0) is 11.6. The molecule has 0 heterocycles. The van der Waals surface area contributed by atoms with E-state index in [1.54, 1.807) is 0 Å². The average Bonchev–Trinajstić information content (AvgIpc) is 2.33. The lowest BCUT2D eigenvalue weighted by Gasteiger charge is -2.32. The molecular formula is C10H16O4S. The van der Waals surface area contributed by atoms with Crippen LogP contribution in [0.15, 0.2) is 0 Å². The quantitative estimate of drug-likeness (QED) is 0.691. The fourth-order valence-electron chi connectivity index (χ4n) is 3.35. The Labute approximate surface area is 89.8 Å². The Balaban J connectivity index is 2.57. The van der Waals surface area contributed by atoms with Crippen LogP contribution in [0.2, 0.25) is 0 Å². The first-order chi connectivity index (χ1) is 6.62. The van der Waals surface area contributed by atoms with E-state index in [0.29, 0.717) is 6.42 Å². The first-order valence-corrected chi connectivity index (χ1v) is 6.63. The summed E-state index contributed by atoms with van der Waals surface area (Å²) in [4.78, 5) is 12.0. The Morgan fingerprint density at radius 3 is 2.13 bits per heavy atom. The number of carbonyl (C=O) groups is 1. The third-order valence-corrected chi connectivity index (χ3v) is 5.98. The van der Waals surface area contributed by atoms with Crippen molar-refractivity contribution < 1.29 is 17.8 Å². The molecule has 0 aromatic carbocycles. The molecule has 3 atom stereocenters. The van der Waals surface area contributed by atoms with E-state index in [1.165, 1.54) is 0 Å². The van der Waals surface area contributed by atoms with Crippen LogP contribution in [-0.2, 0) is 14.9 Å². The second-order valence-electron chi connectivity index (χ2n) is 5.50. The van der Waals surface area contributed by atoms with Gasteiger partial charge < -0.3 is 0 Å². The van der Waals surface area contributed by atoms with Crippen LogP contribution in [0.5, 0.6) is 0 Å². The fraction of sp³-hybridized carbons (Fsp3) is 0.900. The number of hydrogen-bond donors (Lipinski definition) is 1. The van der Waals surface area contributed by atoms with Crippen molar-refractivity contribution in [3.05, 3.63) is 0 Å². The van der Waals surface area contributed by atoms with Gasteiger partial charge in [-0.2, -0.15) is 8.42 Å². The molecule has 0 aromatic rings. The Morgan fingerprint density at radius 1 is 1.33 bits per heavy atom. The van der Waals surface area contributed by atoms with Crippen LogP contribution in [0.3, 0.4) is 0 Å². The maximum atomic E-state index is 12.0. The number of fused-ring (bicyclic) bond motifs is 2. The third-order valence-electron chi connectivity index (χ3n) is 4.79. The lowest BCUT2D eigenvalue weighted by Crippen LogP contribution is -2.38. The van der Waals surface area contributed by atoms with Crippen molar-refractivity contribution in [1.82, 2.24) is 0 Å². The number of Topliss-reactive ketones (excluding diaryl/α,β-unsaturated/α-hetero) is 1. The highest BCUT2D eigenvalue weighted by Gasteiger charge is 2.69. The SMILES string of the molecule is CC1(C)[C@@H]2CC[C@]1(C)C(=O)[C@@H]2S(=O)(=O)O. The normalized spacial score (nSPS) is 43.6. The lowest BCUT2D eigenvalue weighted by atomic mass is 9.70. The highest BCUT2D eigenvalue weighted by atomic mass is 32.2. The van der Waals surface area contributed by atoms with Gasteiger partial charge in [0.05, 0.1) is 0 Å². The minimum absolute atomic E-state index is 0.231. The summed E-state index contributed by atoms with van der Waals surface area (Å²) in [5, 5.41) is -1.19. The van der Waals surface area contributed by atoms with E-state index in [0.717, 1.165) is 6.42 Å². The summed E-state index contributed by atoms with van der Waals surface area (Å²) in [6, 6.07) is 0. The standard InChI is InChI=1S/C10H16O4S/c1-9(2)6-4-5-10(9,3)8(11)7(6)15(12,13)14/h6-7H,4-5H2,1-3H3,(H,12,13,14)/t6-,7-,10-/m1/s1. The first kappa shape index (κ1) is 11.1. The van der Waals surface area contributed by atoms with E-state index in [-0.39, 0.29) is 17.1 Å². The predicted octanol–water partition coefficient (Wildman–Crippen LogP) is 1.27. The van der Waals surface area contributed by atoms with Gasteiger partial charge in [-0.1, -0.05) is 20.8 Å². The van der Waals surface area contributed by atoms with Gasteiger partial charge in [0.1, 0.15) is 5.25 Å². The molecule has 0 unspecified atom stereocenters. The third kappa shape index (κ3) is 1.11. The fourth-order valence-corrected chi connectivity index (χ4v) is 4.77. The van der Waals surface area contributed by atoms with Crippen molar-refractivity contribution in [3.8, 4) is 0 Å². The van der Waals surface area contributed by atoms with Crippen molar-refractivity contribution in [2.45, 2.75) is 38.9 Å². The molecule has 0 amide bonds. The molecule has 0 saturated heterocycles. The minimum atomic E-state index is -4.24. The van der Waals surface area contributed by atoms with Gasteiger partial charge in [-0.15, -0.1) is 0 Å². The van der Waals surface area contributed by atoms with Crippen molar-refractivity contribution in [2.75, 3.05) is 0 Å². The molecule has 0 radical (unpaired) electrons. The Hall–Kier alpha value is -0.420. The smallest absolute Gasteiger partial charge is 0.275 e. The summed E-state index contributed by atoms with van der Waals surface area (Å²) in [5.41, 5.74) is -0.914. The zero-order valence-corrected chi connectivity index (χ0v) is 9.97. The first-order valence-electron chi connectivity index (χ1n) is 5.13. The van der Waals surface area contributed by atoms with Gasteiger partial charge >= 0.3 is 0 Å². The van der Waals surface area contributed by atoms with Gasteiger partial charge in [-0.25, -0.2) is 0 Å². The molecule has 86 valence electrons. The molecule has 0 aliphatic heterocycles. The molecule has 5 heteroatoms. The largest absolute Gasteiger partial charge is 0.297 e. The van der Waals surface area contributed by atoms with Gasteiger partial charge in [-0.3, -0.25) is 9.35 Å². The Morgan fingerprint density at radius 2 is 1.87 bits per heavy atom. The Kier molecular flexibility index (Phi) is 1.94. The van der Waals surface area contributed by atoms with Gasteiger partial charge in [0.25, 0.3) is 10.1 Å². The van der Waals surface area contributed by atoms with E-state index in [9.17, 15) is 13.2 Å². The maximum absolute atomic E-state index is 12.0. The van der Waals surface area contributed by atoms with Crippen LogP contribution in [0, 0.1) is 16.7 Å². The number of ketones is 1. The molecule has 4 nitrogen and oxygen atoms in total. The topological polar surface area (TPSA) is 71.4 Å². The van der Waals surface area contributed by atoms with E-state index in [4.69, 9.17) is 4.55 Å². The number of rotatable bonds is 1. The predicted molar refractivity (Wildman–Crippen MR) is 55.0 cm³/mol. The molecule has 1 N–H and O–H groups in total. The summed E-state index contributed by atoms with van der Waals surface area (Å²) >= 11 is 0. The van der Waals surface area contributed by atoms with Crippen molar-refractivity contribution >= 4 is 15.9 Å². The second-order valence-corrected chi connectivity index (χ2v) is 7.04. The molecule has 2 aliphatic rings. The van der Waals surface area contributed by atoms with Crippen molar-refractivity contribution in [3.63, 3.8) is 0 Å². The molecule has 2 saturated carbocycles. The van der Waals surface area contributed by atoms with Crippen molar-refractivity contribution in [2.24, 2.45) is 16.7 Å². The summed E-state index contributed by atoms with van der Waals surface area (Å²) < 4.78 is 31.5. The highest BCUT2D eigenvalue weighted by molar-refractivity contribution is 7.87. The second kappa shape index (κ2) is 2.63. The van der Waals surface area contributed by atoms with E-state index in [2.05, 4.69) is 0 Å². The molecule has 15 heavy (non-hydrogen) atoms. The van der Waals surface area contributed by atoms with Crippen LogP contribution in [-0.4, -0.2) is 24.0 Å². The van der Waals surface area contributed by atoms with Crippen LogP contribution in [0.25, 0.3) is 0 Å². The van der Waals surface area contributed by atoms with Gasteiger partial charge in [0, 0.05) is 5.41 Å². The van der Waals surface area contributed by atoms with Gasteiger partial charge in [-0.05, 0) is 24.2 Å². The van der Waals surface area contributed by atoms with E-state index >= 15 is 0 Å². The molecular weight excluding hydrogens is 216 g/mol. The van der Waals surface area contributed by atoms with E-state index in [1.807, 2.05) is 20.8 Å². The molecule has 2 fully saturated rings. The van der Waals surface area contributed by atoms with Gasteiger partial charge in [0.2, 0.25) is 0 Å². The summed E-state index contributed by atoms with van der Waals surface area (Å²) in [7, 11) is -4.24. The van der Waals surface area contributed by atoms with Crippen molar-refractivity contribution in [1.29, 1.82) is 0 Å². The maximum Gasteiger partial charge on any atom is 0.275 e. The molecule has 2 bridgehead atoms. The Bertz CT molecular complexity index is 423. The minimum Gasteiger partial charge on any atom is -0.297 e. The number of carbonyl (C=O) groups excluding carboxylic acids is 1. The van der Waals surface area contributed by atoms with E-state index < -0.39 is 20.8 Å². The van der Waals surface area contributed by atoms with Crippen LogP contribution < -0.4 is 0 Å². The molecule has 0 aromatic heterocycles. The lowest BCUT2D eigenvalue weighted by molar-refractivity contribution is -0.128. The number of hydrogen-bond acceptors (Lipinski definition) is 3.